The molecule has 0 spiro atoms. The second-order valence-electron chi connectivity index (χ2n) is 4.53. The Labute approximate surface area is 128 Å². The summed E-state index contributed by atoms with van der Waals surface area (Å²) in [4.78, 5) is 15.8. The van der Waals surface area contributed by atoms with Crippen molar-refractivity contribution >= 4 is 23.2 Å². The van der Waals surface area contributed by atoms with Crippen molar-refractivity contribution in [3.8, 4) is 5.75 Å². The van der Waals surface area contributed by atoms with Crippen LogP contribution in [0.3, 0.4) is 0 Å². The van der Waals surface area contributed by atoms with Gasteiger partial charge in [-0.2, -0.15) is 0 Å². The third-order valence-corrected chi connectivity index (χ3v) is 3.05. The number of nitrogen functional groups attached to an aromatic ring is 1. The largest absolute Gasteiger partial charge is 0.492 e. The maximum absolute atomic E-state index is 11.9. The zero-order valence-corrected chi connectivity index (χ0v) is 12.4. The summed E-state index contributed by atoms with van der Waals surface area (Å²) in [5.74, 6) is 0.445. The number of carbonyl (C=O) groups excluding carboxylic acids is 1. The van der Waals surface area contributed by atoms with Crippen molar-refractivity contribution in [3.05, 3.63) is 52.8 Å². The maximum atomic E-state index is 11.9. The number of aromatic nitrogens is 1. The number of hydrogen-bond acceptors (Lipinski definition) is 4. The van der Waals surface area contributed by atoms with E-state index < -0.39 is 0 Å². The first-order chi connectivity index (χ1) is 10.1. The number of anilines is 1. The van der Waals surface area contributed by atoms with E-state index in [4.69, 9.17) is 22.1 Å². The summed E-state index contributed by atoms with van der Waals surface area (Å²) in [6, 6.07) is 9.20. The van der Waals surface area contributed by atoms with Crippen molar-refractivity contribution in [2.24, 2.45) is 0 Å². The Hall–Kier alpha value is -2.27. The van der Waals surface area contributed by atoms with Gasteiger partial charge in [0.25, 0.3) is 5.91 Å². The normalized spacial score (nSPS) is 10.2. The summed E-state index contributed by atoms with van der Waals surface area (Å²) in [7, 11) is 0. The Balaban J connectivity index is 1.83. The summed E-state index contributed by atoms with van der Waals surface area (Å²) >= 11 is 5.86. The second-order valence-corrected chi connectivity index (χ2v) is 4.89. The van der Waals surface area contributed by atoms with E-state index in [0.717, 1.165) is 11.3 Å². The number of rotatable bonds is 5. The molecule has 0 saturated carbocycles. The van der Waals surface area contributed by atoms with E-state index in [2.05, 4.69) is 10.3 Å². The van der Waals surface area contributed by atoms with Gasteiger partial charge < -0.3 is 15.8 Å². The second kappa shape index (κ2) is 6.95. The van der Waals surface area contributed by atoms with Gasteiger partial charge in [-0.05, 0) is 30.7 Å². The minimum absolute atomic E-state index is 0.126. The fourth-order valence-corrected chi connectivity index (χ4v) is 1.95. The molecule has 1 amide bonds. The molecule has 0 atom stereocenters. The third-order valence-electron chi connectivity index (χ3n) is 2.75. The number of nitrogens with two attached hydrogens (primary N) is 1. The van der Waals surface area contributed by atoms with Gasteiger partial charge >= 0.3 is 0 Å². The SMILES string of the molecule is Cc1cccc(OCCNC(=O)c2cc(N)cnc2Cl)c1. The van der Waals surface area contributed by atoms with Crippen LogP contribution >= 0.6 is 11.6 Å². The van der Waals surface area contributed by atoms with Crippen LogP contribution in [0.4, 0.5) is 5.69 Å². The summed E-state index contributed by atoms with van der Waals surface area (Å²) in [5, 5.41) is 2.83. The van der Waals surface area contributed by atoms with Crippen LogP contribution < -0.4 is 15.8 Å². The first-order valence-electron chi connectivity index (χ1n) is 6.45. The van der Waals surface area contributed by atoms with Gasteiger partial charge in [0, 0.05) is 0 Å². The van der Waals surface area contributed by atoms with Crippen molar-refractivity contribution in [2.75, 3.05) is 18.9 Å². The quantitative estimate of drug-likeness (QED) is 0.657. The van der Waals surface area contributed by atoms with Crippen LogP contribution in [0.25, 0.3) is 0 Å². The lowest BCUT2D eigenvalue weighted by Gasteiger charge is -2.09. The average molecular weight is 306 g/mol. The lowest BCUT2D eigenvalue weighted by Crippen LogP contribution is -2.28. The molecule has 1 aromatic carbocycles. The topological polar surface area (TPSA) is 77.2 Å². The highest BCUT2D eigenvalue weighted by atomic mass is 35.5. The van der Waals surface area contributed by atoms with Crippen molar-refractivity contribution in [1.82, 2.24) is 10.3 Å². The zero-order chi connectivity index (χ0) is 15.2. The first kappa shape index (κ1) is 15.1. The molecule has 1 aromatic heterocycles. The molecule has 0 saturated heterocycles. The van der Waals surface area contributed by atoms with Gasteiger partial charge in [0.05, 0.1) is 24.0 Å². The van der Waals surface area contributed by atoms with E-state index in [1.807, 2.05) is 31.2 Å². The summed E-state index contributed by atoms with van der Waals surface area (Å²) in [6.07, 6.45) is 1.40. The van der Waals surface area contributed by atoms with Crippen LogP contribution in [0, 0.1) is 6.92 Å². The van der Waals surface area contributed by atoms with E-state index in [0.29, 0.717) is 18.8 Å². The van der Waals surface area contributed by atoms with Gasteiger partial charge in [0.15, 0.2) is 0 Å². The lowest BCUT2D eigenvalue weighted by atomic mass is 10.2. The molecule has 2 aromatic rings. The number of pyridine rings is 1. The molecule has 2 rings (SSSR count). The van der Waals surface area contributed by atoms with Crippen molar-refractivity contribution in [3.63, 3.8) is 0 Å². The molecule has 0 bridgehead atoms. The molecule has 0 aliphatic rings. The number of nitrogens with zero attached hydrogens (tertiary/aromatic N) is 1. The number of hydrogen-bond donors (Lipinski definition) is 2. The molecular weight excluding hydrogens is 290 g/mol. The fraction of sp³-hybridized carbons (Fsp3) is 0.200. The molecule has 21 heavy (non-hydrogen) atoms. The Morgan fingerprint density at radius 1 is 1.43 bits per heavy atom. The summed E-state index contributed by atoms with van der Waals surface area (Å²) in [6.45, 7) is 2.71. The van der Waals surface area contributed by atoms with Crippen LogP contribution in [-0.2, 0) is 0 Å². The highest BCUT2D eigenvalue weighted by Gasteiger charge is 2.11. The number of carbonyl (C=O) groups is 1. The summed E-state index contributed by atoms with van der Waals surface area (Å²) < 4.78 is 5.54. The standard InChI is InChI=1S/C15H16ClN3O2/c1-10-3-2-4-12(7-10)21-6-5-18-15(20)13-8-11(17)9-19-14(13)16/h2-4,7-9H,5-6,17H2,1H3,(H,18,20). The molecule has 110 valence electrons. The molecule has 0 fully saturated rings. The molecule has 0 aliphatic carbocycles. The van der Waals surface area contributed by atoms with Crippen molar-refractivity contribution < 1.29 is 9.53 Å². The van der Waals surface area contributed by atoms with Gasteiger partial charge in [-0.3, -0.25) is 4.79 Å². The minimum Gasteiger partial charge on any atom is -0.492 e. The fourth-order valence-electron chi connectivity index (χ4n) is 1.76. The molecule has 0 aliphatic heterocycles. The first-order valence-corrected chi connectivity index (χ1v) is 6.83. The summed E-state index contributed by atoms with van der Waals surface area (Å²) in [5.41, 5.74) is 7.35. The smallest absolute Gasteiger partial charge is 0.254 e. The lowest BCUT2D eigenvalue weighted by molar-refractivity contribution is 0.0947. The minimum atomic E-state index is -0.326. The van der Waals surface area contributed by atoms with E-state index in [9.17, 15) is 4.79 Å². The predicted molar refractivity (Wildman–Crippen MR) is 82.7 cm³/mol. The number of halogens is 1. The number of benzene rings is 1. The zero-order valence-electron chi connectivity index (χ0n) is 11.6. The molecule has 3 N–H and O–H groups in total. The monoisotopic (exact) mass is 305 g/mol. The van der Waals surface area contributed by atoms with Gasteiger partial charge in [0.2, 0.25) is 0 Å². The number of amides is 1. The van der Waals surface area contributed by atoms with Crippen molar-refractivity contribution in [2.45, 2.75) is 6.92 Å². The molecule has 6 heteroatoms. The average Bonchev–Trinajstić information content (AvgIpc) is 2.46. The van der Waals surface area contributed by atoms with E-state index in [-0.39, 0.29) is 16.6 Å². The van der Waals surface area contributed by atoms with Crippen LogP contribution in [0.15, 0.2) is 36.5 Å². The van der Waals surface area contributed by atoms with Crippen LogP contribution in [0.2, 0.25) is 5.15 Å². The Morgan fingerprint density at radius 3 is 3.00 bits per heavy atom. The highest BCUT2D eigenvalue weighted by molar-refractivity contribution is 6.32. The number of nitrogens with one attached hydrogen (secondary N) is 1. The van der Waals surface area contributed by atoms with E-state index in [1.165, 1.54) is 12.3 Å². The molecular formula is C15H16ClN3O2. The van der Waals surface area contributed by atoms with Crippen molar-refractivity contribution in [1.29, 1.82) is 0 Å². The Kier molecular flexibility index (Phi) is 5.00. The van der Waals surface area contributed by atoms with Gasteiger partial charge in [-0.25, -0.2) is 4.98 Å². The number of ether oxygens (including phenoxy) is 1. The van der Waals surface area contributed by atoms with Gasteiger partial charge in [-0.15, -0.1) is 0 Å². The van der Waals surface area contributed by atoms with Crippen LogP contribution in [0.5, 0.6) is 5.75 Å². The van der Waals surface area contributed by atoms with E-state index in [1.54, 1.807) is 0 Å². The predicted octanol–water partition coefficient (Wildman–Crippen LogP) is 2.43. The molecule has 5 nitrogen and oxygen atoms in total. The highest BCUT2D eigenvalue weighted by Crippen LogP contribution is 2.15. The maximum Gasteiger partial charge on any atom is 0.254 e. The van der Waals surface area contributed by atoms with Gasteiger partial charge in [0.1, 0.15) is 17.5 Å². The van der Waals surface area contributed by atoms with E-state index >= 15 is 0 Å². The number of aryl methyl sites for hydroxylation is 1. The Bertz CT molecular complexity index is 647. The molecule has 0 unspecified atom stereocenters. The molecule has 1 heterocycles. The van der Waals surface area contributed by atoms with Crippen LogP contribution in [-0.4, -0.2) is 24.0 Å². The van der Waals surface area contributed by atoms with Gasteiger partial charge in [-0.1, -0.05) is 23.7 Å². The molecule has 0 radical (unpaired) electrons. The van der Waals surface area contributed by atoms with Crippen LogP contribution in [0.1, 0.15) is 15.9 Å². The third kappa shape index (κ3) is 4.36. The Morgan fingerprint density at radius 2 is 2.24 bits per heavy atom.